The van der Waals surface area contributed by atoms with Gasteiger partial charge >= 0.3 is 5.97 Å². The van der Waals surface area contributed by atoms with Crippen molar-refractivity contribution in [2.24, 2.45) is 5.41 Å². The molecule has 0 radical (unpaired) electrons. The van der Waals surface area contributed by atoms with E-state index < -0.39 is 17.4 Å². The van der Waals surface area contributed by atoms with Crippen LogP contribution in [0.5, 0.6) is 0 Å². The van der Waals surface area contributed by atoms with Gasteiger partial charge in [0.05, 0.1) is 5.41 Å². The number of nitrogens with zero attached hydrogens (tertiary/aromatic N) is 1. The fraction of sp³-hybridized carbons (Fsp3) is 0.727. The van der Waals surface area contributed by atoms with E-state index >= 15 is 0 Å². The summed E-state index contributed by atoms with van der Waals surface area (Å²) in [4.78, 5) is 36.0. The van der Waals surface area contributed by atoms with Crippen molar-refractivity contribution in [2.45, 2.75) is 25.8 Å². The third kappa shape index (κ3) is 2.45. The molecule has 2 fully saturated rings. The van der Waals surface area contributed by atoms with E-state index in [-0.39, 0.29) is 17.7 Å². The number of rotatable bonds is 2. The van der Waals surface area contributed by atoms with Gasteiger partial charge < -0.3 is 15.3 Å². The number of carboxylic acid groups (broad SMARTS) is 1. The number of carbonyl (C=O) groups excluding carboxylic acids is 2. The zero-order chi connectivity index (χ0) is 13.3. The van der Waals surface area contributed by atoms with Gasteiger partial charge in [0, 0.05) is 18.8 Å². The van der Waals surface area contributed by atoms with Gasteiger partial charge in [-0.15, -0.1) is 0 Å². The number of carboxylic acids is 1. The van der Waals surface area contributed by atoms with Gasteiger partial charge in [0.1, 0.15) is 6.04 Å². The minimum absolute atomic E-state index is 0.166. The molecule has 18 heavy (non-hydrogen) atoms. The lowest BCUT2D eigenvalue weighted by Gasteiger charge is -2.38. The van der Waals surface area contributed by atoms with E-state index in [1.807, 2.05) is 0 Å². The van der Waals surface area contributed by atoms with Crippen LogP contribution in [0.25, 0.3) is 0 Å². The third-order valence-electron chi connectivity index (χ3n) is 3.50. The summed E-state index contributed by atoms with van der Waals surface area (Å²) >= 11 is 1.09. The predicted molar refractivity (Wildman–Crippen MR) is 66.3 cm³/mol. The topological polar surface area (TPSA) is 86.7 Å². The molecule has 0 bridgehead atoms. The van der Waals surface area contributed by atoms with Crippen LogP contribution < -0.4 is 5.32 Å². The smallest absolute Gasteiger partial charge is 0.311 e. The summed E-state index contributed by atoms with van der Waals surface area (Å²) in [5.41, 5.74) is -0.871. The fourth-order valence-electron chi connectivity index (χ4n) is 2.34. The van der Waals surface area contributed by atoms with Crippen LogP contribution in [0.4, 0.5) is 4.79 Å². The lowest BCUT2D eigenvalue weighted by atomic mass is 9.82. The molecule has 2 saturated heterocycles. The van der Waals surface area contributed by atoms with Crippen LogP contribution in [0, 0.1) is 5.41 Å². The van der Waals surface area contributed by atoms with E-state index in [0.717, 1.165) is 11.8 Å². The molecule has 0 spiro atoms. The molecule has 100 valence electrons. The lowest BCUT2D eigenvalue weighted by molar-refractivity contribution is -0.153. The van der Waals surface area contributed by atoms with Crippen molar-refractivity contribution in [3.8, 4) is 0 Å². The van der Waals surface area contributed by atoms with Crippen LogP contribution >= 0.6 is 11.8 Å². The summed E-state index contributed by atoms with van der Waals surface area (Å²) < 4.78 is 0. The molecule has 0 aromatic heterocycles. The zero-order valence-electron chi connectivity index (χ0n) is 10.1. The SMILES string of the molecule is CC1(C(=O)O)CCCN(C(=O)C2CSC(=O)N2)C1. The largest absolute Gasteiger partial charge is 0.481 e. The van der Waals surface area contributed by atoms with Crippen molar-refractivity contribution < 1.29 is 19.5 Å². The van der Waals surface area contributed by atoms with Crippen LogP contribution in [-0.2, 0) is 9.59 Å². The van der Waals surface area contributed by atoms with Crippen LogP contribution in [-0.4, -0.2) is 52.0 Å². The normalized spacial score (nSPS) is 32.2. The minimum Gasteiger partial charge on any atom is -0.481 e. The second-order valence-corrected chi connectivity index (χ2v) is 6.02. The van der Waals surface area contributed by atoms with Gasteiger partial charge in [0.15, 0.2) is 0 Å². The maximum Gasteiger partial charge on any atom is 0.311 e. The summed E-state index contributed by atoms with van der Waals surface area (Å²) in [6, 6.07) is -0.501. The van der Waals surface area contributed by atoms with Gasteiger partial charge in [0.25, 0.3) is 5.24 Å². The predicted octanol–water partition coefficient (Wildman–Crippen LogP) is 0.525. The fourth-order valence-corrected chi connectivity index (χ4v) is 3.11. The monoisotopic (exact) mass is 272 g/mol. The van der Waals surface area contributed by atoms with Crippen molar-refractivity contribution in [2.75, 3.05) is 18.8 Å². The Morgan fingerprint density at radius 2 is 2.28 bits per heavy atom. The van der Waals surface area contributed by atoms with Gasteiger partial charge in [0.2, 0.25) is 5.91 Å². The van der Waals surface area contributed by atoms with E-state index in [9.17, 15) is 19.5 Å². The number of amides is 2. The van der Waals surface area contributed by atoms with Crippen LogP contribution in [0.2, 0.25) is 0 Å². The Bertz CT molecular complexity index is 401. The number of nitrogens with one attached hydrogen (secondary N) is 1. The Labute approximate surface area is 109 Å². The molecule has 0 saturated carbocycles. The Balaban J connectivity index is 2.03. The van der Waals surface area contributed by atoms with Crippen LogP contribution in [0.3, 0.4) is 0 Å². The molecule has 2 aliphatic rings. The van der Waals surface area contributed by atoms with Crippen molar-refractivity contribution in [1.82, 2.24) is 10.2 Å². The molecule has 2 aliphatic heterocycles. The number of piperidine rings is 1. The number of hydrogen-bond acceptors (Lipinski definition) is 4. The molecule has 2 unspecified atom stereocenters. The van der Waals surface area contributed by atoms with Gasteiger partial charge in [-0.3, -0.25) is 14.4 Å². The number of hydrogen-bond donors (Lipinski definition) is 2. The molecular formula is C11H16N2O4S. The molecule has 2 atom stereocenters. The Morgan fingerprint density at radius 3 is 2.83 bits per heavy atom. The van der Waals surface area contributed by atoms with Crippen molar-refractivity contribution in [1.29, 1.82) is 0 Å². The first-order valence-electron chi connectivity index (χ1n) is 5.88. The summed E-state index contributed by atoms with van der Waals surface area (Å²) in [7, 11) is 0. The Kier molecular flexibility index (Phi) is 3.52. The molecule has 2 heterocycles. The number of aliphatic carboxylic acids is 1. The van der Waals surface area contributed by atoms with E-state index in [2.05, 4.69) is 5.32 Å². The summed E-state index contributed by atoms with van der Waals surface area (Å²) in [6.07, 6.45) is 1.26. The molecule has 7 heteroatoms. The Morgan fingerprint density at radius 1 is 1.56 bits per heavy atom. The molecule has 0 aromatic rings. The molecule has 2 amide bonds. The maximum atomic E-state index is 12.2. The van der Waals surface area contributed by atoms with Gasteiger partial charge in [-0.25, -0.2) is 0 Å². The van der Waals surface area contributed by atoms with E-state index in [0.29, 0.717) is 25.1 Å². The first-order valence-corrected chi connectivity index (χ1v) is 6.86. The third-order valence-corrected chi connectivity index (χ3v) is 4.38. The van der Waals surface area contributed by atoms with Crippen molar-refractivity contribution in [3.05, 3.63) is 0 Å². The Hall–Kier alpha value is -1.24. The lowest BCUT2D eigenvalue weighted by Crippen LogP contribution is -2.53. The molecular weight excluding hydrogens is 256 g/mol. The highest BCUT2D eigenvalue weighted by Gasteiger charge is 2.41. The molecule has 0 aromatic carbocycles. The quantitative estimate of drug-likeness (QED) is 0.765. The summed E-state index contributed by atoms with van der Waals surface area (Å²) in [6.45, 7) is 2.45. The maximum absolute atomic E-state index is 12.2. The second-order valence-electron chi connectivity index (χ2n) is 5.02. The number of likely N-dealkylation sites (tertiary alicyclic amines) is 1. The summed E-state index contributed by atoms with van der Waals surface area (Å²) in [5, 5.41) is 11.6. The van der Waals surface area contributed by atoms with Gasteiger partial charge in [-0.2, -0.15) is 0 Å². The van der Waals surface area contributed by atoms with Crippen molar-refractivity contribution >= 4 is 28.9 Å². The van der Waals surface area contributed by atoms with Crippen LogP contribution in [0.15, 0.2) is 0 Å². The number of carbonyl (C=O) groups is 3. The van der Waals surface area contributed by atoms with E-state index in [1.54, 1.807) is 11.8 Å². The average molecular weight is 272 g/mol. The highest BCUT2D eigenvalue weighted by Crippen LogP contribution is 2.30. The van der Waals surface area contributed by atoms with E-state index in [1.165, 1.54) is 0 Å². The zero-order valence-corrected chi connectivity index (χ0v) is 11.0. The van der Waals surface area contributed by atoms with E-state index in [4.69, 9.17) is 0 Å². The van der Waals surface area contributed by atoms with Gasteiger partial charge in [-0.1, -0.05) is 11.8 Å². The highest BCUT2D eigenvalue weighted by atomic mass is 32.2. The van der Waals surface area contributed by atoms with Crippen molar-refractivity contribution in [3.63, 3.8) is 0 Å². The highest BCUT2D eigenvalue weighted by molar-refractivity contribution is 8.14. The van der Waals surface area contributed by atoms with Gasteiger partial charge in [-0.05, 0) is 19.8 Å². The average Bonchev–Trinajstić information content (AvgIpc) is 2.75. The standard InChI is InChI=1S/C11H16N2O4S/c1-11(9(15)16)3-2-4-13(6-11)8(14)7-5-18-10(17)12-7/h7H,2-6H2,1H3,(H,12,17)(H,15,16). The first kappa shape index (κ1) is 13.2. The molecule has 2 N–H and O–H groups in total. The molecule has 2 rings (SSSR count). The molecule has 6 nitrogen and oxygen atoms in total. The summed E-state index contributed by atoms with van der Waals surface area (Å²) in [5.74, 6) is -0.608. The second kappa shape index (κ2) is 4.79. The first-order chi connectivity index (χ1) is 8.42. The number of thioether (sulfide) groups is 1. The molecule has 0 aliphatic carbocycles. The van der Waals surface area contributed by atoms with Crippen LogP contribution in [0.1, 0.15) is 19.8 Å². The minimum atomic E-state index is -0.871.